The molecule has 0 amide bonds. The van der Waals surface area contributed by atoms with Gasteiger partial charge in [0.1, 0.15) is 29.3 Å². The predicted molar refractivity (Wildman–Crippen MR) is 215 cm³/mol. The van der Waals surface area contributed by atoms with Crippen molar-refractivity contribution in [2.45, 2.75) is 37.8 Å². The minimum absolute atomic E-state index is 0.304. The van der Waals surface area contributed by atoms with Crippen molar-refractivity contribution in [1.82, 2.24) is 29.5 Å². The number of likely N-dealkylation sites (tertiary alicyclic amines) is 2. The summed E-state index contributed by atoms with van der Waals surface area (Å²) in [5.74, 6) is -5.49. The molecule has 2 aliphatic rings. The van der Waals surface area contributed by atoms with Gasteiger partial charge in [-0.15, -0.1) is 0 Å². The predicted octanol–water partition coefficient (Wildman–Crippen LogP) is 3.73. The van der Waals surface area contributed by atoms with Crippen LogP contribution >= 0.6 is 0 Å². The fourth-order valence-corrected chi connectivity index (χ4v) is 6.04. The van der Waals surface area contributed by atoms with Gasteiger partial charge < -0.3 is 50.9 Å². The first-order valence-corrected chi connectivity index (χ1v) is 18.2. The maximum absolute atomic E-state index is 9.55. The number of benzene rings is 2. The van der Waals surface area contributed by atoms with E-state index < -0.39 is 35.8 Å². The van der Waals surface area contributed by atoms with Crippen molar-refractivity contribution in [1.29, 1.82) is 0 Å². The topological polar surface area (TPSA) is 309 Å². The number of anilines is 1. The van der Waals surface area contributed by atoms with Crippen molar-refractivity contribution in [2.24, 2.45) is 0 Å². The van der Waals surface area contributed by atoms with E-state index >= 15 is 0 Å². The number of para-hydroxylation sites is 1. The lowest BCUT2D eigenvalue weighted by molar-refractivity contribution is -0.134. The number of aromatic nitrogens is 4. The molecule has 0 aliphatic carbocycles. The zero-order chi connectivity index (χ0) is 44.2. The molecule has 0 bridgehead atoms. The van der Waals surface area contributed by atoms with Crippen LogP contribution in [0.3, 0.4) is 0 Å². The van der Waals surface area contributed by atoms with Crippen LogP contribution < -0.4 is 10.5 Å². The van der Waals surface area contributed by atoms with Crippen molar-refractivity contribution in [2.75, 3.05) is 39.0 Å². The Morgan fingerprint density at radius 1 is 0.617 bits per heavy atom. The molecule has 60 heavy (non-hydrogen) atoms. The summed E-state index contributed by atoms with van der Waals surface area (Å²) in [4.78, 5) is 71.3. The maximum Gasteiger partial charge on any atom is 0.328 e. The van der Waals surface area contributed by atoms with Gasteiger partial charge in [0.15, 0.2) is 5.65 Å². The van der Waals surface area contributed by atoms with Gasteiger partial charge in [-0.3, -0.25) is 0 Å². The lowest BCUT2D eigenvalue weighted by Crippen LogP contribution is -2.47. The van der Waals surface area contributed by atoms with Gasteiger partial charge in [0.25, 0.3) is 0 Å². The molecule has 4 aromatic rings. The summed E-state index contributed by atoms with van der Waals surface area (Å²) in [5, 5.41) is 52.8. The zero-order valence-electron chi connectivity index (χ0n) is 32.4. The molecular weight excluding hydrogens is 786 g/mol. The lowest BCUT2D eigenvalue weighted by Gasteiger charge is -2.41. The quantitative estimate of drug-likeness (QED) is 0.106. The van der Waals surface area contributed by atoms with Gasteiger partial charge in [-0.2, -0.15) is 5.10 Å². The second kappa shape index (κ2) is 23.7. The Morgan fingerprint density at radius 2 is 1.05 bits per heavy atom. The number of carboxylic acid groups (broad SMARTS) is 6. The van der Waals surface area contributed by atoms with Crippen LogP contribution in [0.1, 0.15) is 31.7 Å². The Kier molecular flexibility index (Phi) is 18.5. The van der Waals surface area contributed by atoms with Gasteiger partial charge >= 0.3 is 35.8 Å². The van der Waals surface area contributed by atoms with Gasteiger partial charge in [0, 0.05) is 61.2 Å². The molecule has 0 saturated carbocycles. The molecule has 318 valence electrons. The van der Waals surface area contributed by atoms with Crippen LogP contribution in [0, 0.1) is 0 Å². The molecule has 2 aromatic carbocycles. The molecule has 2 aliphatic heterocycles. The first-order chi connectivity index (χ1) is 28.5. The number of carboxylic acids is 6. The van der Waals surface area contributed by atoms with Gasteiger partial charge in [0.2, 0.25) is 0 Å². The number of nitrogen functional groups attached to an aromatic ring is 1. The van der Waals surface area contributed by atoms with E-state index in [-0.39, 0.29) is 0 Å². The van der Waals surface area contributed by atoms with E-state index in [1.54, 1.807) is 6.33 Å². The Morgan fingerprint density at radius 3 is 1.50 bits per heavy atom. The van der Waals surface area contributed by atoms with E-state index in [0.717, 1.165) is 59.7 Å². The van der Waals surface area contributed by atoms with Crippen molar-refractivity contribution >= 4 is 52.7 Å². The number of nitrogens with zero attached hydrogens (tertiary/aromatic N) is 6. The highest BCUT2D eigenvalue weighted by molar-refractivity contribution is 5.98. The summed E-state index contributed by atoms with van der Waals surface area (Å²) in [6, 6.07) is 18.8. The van der Waals surface area contributed by atoms with E-state index in [0.29, 0.717) is 54.4 Å². The average Bonchev–Trinajstić information content (AvgIpc) is 3.61. The largest absolute Gasteiger partial charge is 0.478 e. The van der Waals surface area contributed by atoms with Crippen LogP contribution in [0.5, 0.6) is 11.5 Å². The second-order valence-corrected chi connectivity index (χ2v) is 13.0. The fraction of sp³-hybridized carbons (Fsp3) is 0.275. The minimum Gasteiger partial charge on any atom is -0.478 e. The van der Waals surface area contributed by atoms with Gasteiger partial charge in [-0.1, -0.05) is 18.2 Å². The van der Waals surface area contributed by atoms with E-state index in [2.05, 4.69) is 31.5 Å². The van der Waals surface area contributed by atoms with Crippen molar-refractivity contribution < 1.29 is 64.1 Å². The molecule has 0 atom stereocenters. The molecule has 2 saturated heterocycles. The third-order valence-electron chi connectivity index (χ3n) is 8.78. The number of carbonyl (C=O) groups is 6. The van der Waals surface area contributed by atoms with Crippen LogP contribution in [0.15, 0.2) is 97.4 Å². The molecule has 0 radical (unpaired) electrons. The molecule has 4 heterocycles. The number of rotatable bonds is 11. The number of hydrogen-bond acceptors (Lipinski definition) is 13. The van der Waals surface area contributed by atoms with Crippen molar-refractivity contribution in [3.63, 3.8) is 0 Å². The highest BCUT2D eigenvalue weighted by atomic mass is 16.5. The van der Waals surface area contributed by atoms with Crippen LogP contribution in [0.25, 0.3) is 22.3 Å². The smallest absolute Gasteiger partial charge is 0.328 e. The minimum atomic E-state index is -1.26. The first kappa shape index (κ1) is 46.9. The molecule has 20 nitrogen and oxygen atoms in total. The molecule has 20 heteroatoms. The monoisotopic (exact) mass is 831 g/mol. The third-order valence-corrected chi connectivity index (χ3v) is 8.78. The highest BCUT2D eigenvalue weighted by Gasteiger charge is 2.30. The first-order valence-electron chi connectivity index (χ1n) is 18.2. The molecule has 6 rings (SSSR count). The number of fused-ring (bicyclic) bond motifs is 1. The molecular formula is C40H45N7O13. The highest BCUT2D eigenvalue weighted by Crippen LogP contribution is 2.35. The summed E-state index contributed by atoms with van der Waals surface area (Å²) in [5.41, 5.74) is 8.98. The van der Waals surface area contributed by atoms with Crippen molar-refractivity contribution in [3.05, 3.63) is 97.4 Å². The zero-order valence-corrected chi connectivity index (χ0v) is 32.4. The normalized spacial score (nSPS) is 14.9. The molecule has 0 unspecified atom stereocenters. The van der Waals surface area contributed by atoms with E-state index in [1.165, 1.54) is 25.9 Å². The van der Waals surface area contributed by atoms with Gasteiger partial charge in [0.05, 0.1) is 11.4 Å². The van der Waals surface area contributed by atoms with Crippen LogP contribution in [0.4, 0.5) is 5.82 Å². The molecule has 2 aromatic heterocycles. The van der Waals surface area contributed by atoms with Crippen LogP contribution in [0.2, 0.25) is 0 Å². The Bertz CT molecular complexity index is 2040. The molecule has 0 spiro atoms. The van der Waals surface area contributed by atoms with E-state index in [9.17, 15) is 28.8 Å². The summed E-state index contributed by atoms with van der Waals surface area (Å²) in [6.07, 6.45) is 9.56. The van der Waals surface area contributed by atoms with Crippen molar-refractivity contribution in [3.8, 4) is 22.8 Å². The fourth-order valence-electron chi connectivity index (χ4n) is 6.04. The number of ether oxygens (including phenoxy) is 1. The summed E-state index contributed by atoms with van der Waals surface area (Å²) in [7, 11) is 2.22. The summed E-state index contributed by atoms with van der Waals surface area (Å²) >= 11 is 0. The van der Waals surface area contributed by atoms with Crippen LogP contribution in [-0.2, 0) is 28.8 Å². The Hall–Kier alpha value is -7.45. The molecule has 8 N–H and O–H groups in total. The Labute approximate surface area is 342 Å². The van der Waals surface area contributed by atoms with E-state index in [4.69, 9.17) is 46.2 Å². The maximum atomic E-state index is 9.55. The summed E-state index contributed by atoms with van der Waals surface area (Å²) < 4.78 is 8.06. The van der Waals surface area contributed by atoms with E-state index in [1.807, 2.05) is 54.6 Å². The second-order valence-electron chi connectivity index (χ2n) is 13.0. The summed E-state index contributed by atoms with van der Waals surface area (Å²) in [6.45, 7) is 4.59. The number of piperidine rings is 2. The molecule has 2 fully saturated rings. The number of hydrogen-bond donors (Lipinski definition) is 7. The lowest BCUT2D eigenvalue weighted by atomic mass is 9.98. The number of aliphatic carboxylic acids is 6. The van der Waals surface area contributed by atoms with Gasteiger partial charge in [-0.05, 0) is 82.2 Å². The number of nitrogens with two attached hydrogens (primary N) is 1. The standard InChI is InChI=1S/C28H33N7O.3C4H4O4/c1-33-15-11-21(12-16-33)34-17-13-22(14-18-34)35-28-25(27(29)30-19-31-28)26(32-35)20-7-9-24(10-8-20)36-23-5-3-2-4-6-23;3*5-3(6)1-2-4(7)8/h2-10,19,21-22H,11-18H2,1H3,(H2,29,30,31);3*1-2H,(H,5,6)(H,7,8)/b;3*2-1-. The van der Waals surface area contributed by atoms with Gasteiger partial charge in [-0.25, -0.2) is 43.4 Å². The third kappa shape index (κ3) is 16.2. The average molecular weight is 832 g/mol. The SMILES string of the molecule is CN1CCC(N2CCC(n3nc(-c4ccc(Oc5ccccc5)cc4)c4c(N)ncnc43)CC2)CC1.O=C(O)/C=C\C(=O)O.O=C(O)/C=C\C(=O)O.O=C(O)/C=C\C(=O)O. The Balaban J connectivity index is 0.000000327. The van der Waals surface area contributed by atoms with Crippen LogP contribution in [-0.4, -0.2) is 135 Å².